The summed E-state index contributed by atoms with van der Waals surface area (Å²) < 4.78 is 9.26. The Balaban J connectivity index is 3.52. The van der Waals surface area contributed by atoms with E-state index in [1.807, 2.05) is 5.32 Å². The zero-order valence-corrected chi connectivity index (χ0v) is 9.52. The smallest absolute Gasteiger partial charge is 0.329 e. The molecule has 8 heteroatoms. The number of methoxy groups -OCH3 is 1. The Kier molecular flexibility index (Phi) is 8.61. The molecule has 0 radical (unpaired) electrons. The van der Waals surface area contributed by atoms with Crippen LogP contribution in [-0.4, -0.2) is 56.5 Å². The summed E-state index contributed by atoms with van der Waals surface area (Å²) >= 11 is 0. The van der Waals surface area contributed by atoms with Crippen LogP contribution in [0.15, 0.2) is 0 Å². The van der Waals surface area contributed by atoms with Crippen molar-refractivity contribution in [2.45, 2.75) is 6.42 Å². The third-order valence-corrected chi connectivity index (χ3v) is 1.52. The first-order chi connectivity index (χ1) is 8.06. The van der Waals surface area contributed by atoms with E-state index in [-0.39, 0.29) is 0 Å². The summed E-state index contributed by atoms with van der Waals surface area (Å²) in [5.74, 6) is -1.88. The second kappa shape index (κ2) is 9.55. The van der Waals surface area contributed by atoms with Gasteiger partial charge in [-0.05, 0) is 6.42 Å². The molecule has 0 bridgehead atoms. The van der Waals surface area contributed by atoms with E-state index in [0.29, 0.717) is 19.6 Å². The second-order valence-corrected chi connectivity index (χ2v) is 3.04. The van der Waals surface area contributed by atoms with Crippen molar-refractivity contribution in [2.75, 3.05) is 33.5 Å². The molecular formula is C9H16N2O6. The lowest BCUT2D eigenvalue weighted by Crippen LogP contribution is -2.41. The lowest BCUT2D eigenvalue weighted by Gasteiger charge is -2.06. The lowest BCUT2D eigenvalue weighted by molar-refractivity contribution is -0.143. The predicted molar refractivity (Wildman–Crippen MR) is 56.5 cm³/mol. The summed E-state index contributed by atoms with van der Waals surface area (Å²) in [6, 6.07) is -0.648. The number of ether oxygens (including phenoxy) is 2. The van der Waals surface area contributed by atoms with Gasteiger partial charge in [0.25, 0.3) is 5.91 Å². The zero-order chi connectivity index (χ0) is 13.1. The van der Waals surface area contributed by atoms with E-state index < -0.39 is 31.1 Å². The van der Waals surface area contributed by atoms with Gasteiger partial charge in [-0.3, -0.25) is 10.1 Å². The van der Waals surface area contributed by atoms with Gasteiger partial charge in [-0.25, -0.2) is 9.59 Å². The quantitative estimate of drug-likeness (QED) is 0.472. The maximum atomic E-state index is 11.1. The molecule has 0 saturated heterocycles. The van der Waals surface area contributed by atoms with Gasteiger partial charge in [-0.2, -0.15) is 0 Å². The molecule has 98 valence electrons. The van der Waals surface area contributed by atoms with Crippen LogP contribution in [0.3, 0.4) is 0 Å². The number of carbonyl (C=O) groups is 3. The molecule has 3 N–H and O–H groups in total. The number of amides is 3. The summed E-state index contributed by atoms with van der Waals surface area (Å²) in [6.45, 7) is -0.167. The number of carboxylic acids is 1. The van der Waals surface area contributed by atoms with Crippen LogP contribution in [0.1, 0.15) is 6.42 Å². The van der Waals surface area contributed by atoms with Crippen LogP contribution in [0.25, 0.3) is 0 Å². The van der Waals surface area contributed by atoms with Gasteiger partial charge in [0, 0.05) is 20.3 Å². The van der Waals surface area contributed by atoms with Crippen molar-refractivity contribution in [1.82, 2.24) is 10.6 Å². The number of hydrogen-bond donors (Lipinski definition) is 3. The number of rotatable bonds is 8. The molecule has 0 saturated carbocycles. The van der Waals surface area contributed by atoms with E-state index in [4.69, 9.17) is 9.84 Å². The molecule has 8 nitrogen and oxygen atoms in total. The number of urea groups is 1. The molecule has 3 amide bonds. The monoisotopic (exact) mass is 248 g/mol. The van der Waals surface area contributed by atoms with Crippen LogP contribution in [0.2, 0.25) is 0 Å². The molecule has 0 rings (SSSR count). The number of imide groups is 1. The number of aliphatic carboxylic acids is 1. The fourth-order valence-corrected chi connectivity index (χ4v) is 0.856. The predicted octanol–water partition coefficient (Wildman–Crippen LogP) is -1.05. The minimum absolute atomic E-state index is 0.378. The highest BCUT2D eigenvalue weighted by atomic mass is 16.5. The fourth-order valence-electron chi connectivity index (χ4n) is 0.856. The molecule has 0 aliphatic rings. The number of carboxylic acid groups (broad SMARTS) is 1. The van der Waals surface area contributed by atoms with Crippen LogP contribution < -0.4 is 10.6 Å². The van der Waals surface area contributed by atoms with Gasteiger partial charge in [0.05, 0.1) is 0 Å². The SMILES string of the molecule is COCCCNC(=O)NC(=O)COCC(=O)O. The minimum Gasteiger partial charge on any atom is -0.480 e. The largest absolute Gasteiger partial charge is 0.480 e. The van der Waals surface area contributed by atoms with E-state index in [1.54, 1.807) is 7.11 Å². The Bertz CT molecular complexity index is 268. The Morgan fingerprint density at radius 2 is 1.94 bits per heavy atom. The van der Waals surface area contributed by atoms with Crippen molar-refractivity contribution in [3.63, 3.8) is 0 Å². The topological polar surface area (TPSA) is 114 Å². The average Bonchev–Trinajstić information content (AvgIpc) is 2.23. The van der Waals surface area contributed by atoms with E-state index in [9.17, 15) is 14.4 Å². The minimum atomic E-state index is -1.18. The highest BCUT2D eigenvalue weighted by Gasteiger charge is 2.07. The molecule has 0 heterocycles. The van der Waals surface area contributed by atoms with Crippen LogP contribution in [-0.2, 0) is 19.1 Å². The van der Waals surface area contributed by atoms with Gasteiger partial charge in [0.2, 0.25) is 0 Å². The molecule has 17 heavy (non-hydrogen) atoms. The number of nitrogens with one attached hydrogen (secondary N) is 2. The third-order valence-electron chi connectivity index (χ3n) is 1.52. The van der Waals surface area contributed by atoms with E-state index in [2.05, 4.69) is 10.1 Å². The summed E-state index contributed by atoms with van der Waals surface area (Å²) in [4.78, 5) is 32.1. The second-order valence-electron chi connectivity index (χ2n) is 3.04. The molecule has 0 unspecified atom stereocenters. The molecule has 0 fully saturated rings. The average molecular weight is 248 g/mol. The molecule has 0 aromatic rings. The summed E-state index contributed by atoms with van der Waals surface area (Å²) in [5.41, 5.74) is 0. The molecule has 0 aromatic heterocycles. The van der Waals surface area contributed by atoms with Gasteiger partial charge >= 0.3 is 12.0 Å². The van der Waals surface area contributed by atoms with Crippen molar-refractivity contribution in [2.24, 2.45) is 0 Å². The lowest BCUT2D eigenvalue weighted by atomic mass is 10.4. The zero-order valence-electron chi connectivity index (χ0n) is 9.52. The van der Waals surface area contributed by atoms with Gasteiger partial charge in [-0.15, -0.1) is 0 Å². The van der Waals surface area contributed by atoms with Gasteiger partial charge in [0.1, 0.15) is 13.2 Å². The van der Waals surface area contributed by atoms with Gasteiger partial charge < -0.3 is 19.9 Å². The van der Waals surface area contributed by atoms with Crippen molar-refractivity contribution < 1.29 is 29.0 Å². The normalized spacial score (nSPS) is 9.71. The van der Waals surface area contributed by atoms with Crippen molar-refractivity contribution >= 4 is 17.9 Å². The maximum absolute atomic E-state index is 11.1. The molecule has 0 atom stereocenters. The van der Waals surface area contributed by atoms with Crippen LogP contribution in [0.5, 0.6) is 0 Å². The standard InChI is InChI=1S/C9H16N2O6/c1-16-4-2-3-10-9(15)11-7(12)5-17-6-8(13)14/h2-6H2,1H3,(H,13,14)(H2,10,11,12,15). The van der Waals surface area contributed by atoms with Crippen molar-refractivity contribution in [3.8, 4) is 0 Å². The third kappa shape index (κ3) is 10.6. The fraction of sp³-hybridized carbons (Fsp3) is 0.667. The molecule has 0 aliphatic carbocycles. The van der Waals surface area contributed by atoms with Crippen molar-refractivity contribution in [1.29, 1.82) is 0 Å². The van der Waals surface area contributed by atoms with Crippen molar-refractivity contribution in [3.05, 3.63) is 0 Å². The number of hydrogen-bond acceptors (Lipinski definition) is 5. The summed E-state index contributed by atoms with van der Waals surface area (Å²) in [7, 11) is 1.55. The molecule has 0 aliphatic heterocycles. The van der Waals surface area contributed by atoms with Gasteiger partial charge in [0.15, 0.2) is 0 Å². The maximum Gasteiger partial charge on any atom is 0.329 e. The molecule has 0 spiro atoms. The van der Waals surface area contributed by atoms with Crippen LogP contribution in [0, 0.1) is 0 Å². The Hall–Kier alpha value is -1.67. The highest BCUT2D eigenvalue weighted by Crippen LogP contribution is 1.79. The first-order valence-corrected chi connectivity index (χ1v) is 4.92. The summed E-state index contributed by atoms with van der Waals surface area (Å²) in [5, 5.41) is 12.6. The first kappa shape index (κ1) is 15.3. The van der Waals surface area contributed by atoms with E-state index in [0.717, 1.165) is 0 Å². The molecular weight excluding hydrogens is 232 g/mol. The first-order valence-electron chi connectivity index (χ1n) is 4.92. The highest BCUT2D eigenvalue weighted by molar-refractivity contribution is 5.94. The Morgan fingerprint density at radius 1 is 1.24 bits per heavy atom. The Morgan fingerprint density at radius 3 is 2.53 bits per heavy atom. The number of carbonyl (C=O) groups excluding carboxylic acids is 2. The van der Waals surface area contributed by atoms with Crippen LogP contribution >= 0.6 is 0 Å². The Labute approximate surface area is 98.3 Å². The van der Waals surface area contributed by atoms with Gasteiger partial charge in [-0.1, -0.05) is 0 Å². The van der Waals surface area contributed by atoms with E-state index in [1.165, 1.54) is 0 Å². The van der Waals surface area contributed by atoms with Crippen LogP contribution in [0.4, 0.5) is 4.79 Å². The molecule has 0 aromatic carbocycles. The van der Waals surface area contributed by atoms with E-state index >= 15 is 0 Å². The summed E-state index contributed by atoms with van der Waals surface area (Å²) in [6.07, 6.45) is 0.633.